The highest BCUT2D eigenvalue weighted by Gasteiger charge is 2.26. The second kappa shape index (κ2) is 7.81. The summed E-state index contributed by atoms with van der Waals surface area (Å²) in [4.78, 5) is 6.87. The average molecular weight is 350 g/mol. The number of rotatable bonds is 6. The third kappa shape index (κ3) is 4.09. The van der Waals surface area contributed by atoms with E-state index >= 15 is 0 Å². The van der Waals surface area contributed by atoms with E-state index in [9.17, 15) is 0 Å². The van der Waals surface area contributed by atoms with E-state index < -0.39 is 0 Å². The van der Waals surface area contributed by atoms with Crippen molar-refractivity contribution in [1.29, 1.82) is 0 Å². The summed E-state index contributed by atoms with van der Waals surface area (Å²) >= 11 is 1.79. The molecular weight excluding hydrogens is 328 g/mol. The number of hydrogen-bond donors (Lipinski definition) is 0. The van der Waals surface area contributed by atoms with Crippen LogP contribution in [-0.2, 0) is 13.2 Å². The molecule has 3 heterocycles. The predicted octanol–water partition coefficient (Wildman–Crippen LogP) is 5.06. The predicted molar refractivity (Wildman–Crippen MR) is 102 cm³/mol. The van der Waals surface area contributed by atoms with Crippen molar-refractivity contribution < 1.29 is 4.74 Å². The first-order valence-corrected chi connectivity index (χ1v) is 9.70. The molecule has 1 saturated heterocycles. The zero-order valence-corrected chi connectivity index (χ0v) is 15.0. The smallest absolute Gasteiger partial charge is 0.130 e. The molecule has 0 N–H and O–H groups in total. The zero-order chi connectivity index (χ0) is 16.9. The minimum absolute atomic E-state index is 0.506. The van der Waals surface area contributed by atoms with Gasteiger partial charge in [0.1, 0.15) is 12.4 Å². The van der Waals surface area contributed by atoms with E-state index in [1.54, 1.807) is 17.5 Å². The van der Waals surface area contributed by atoms with Crippen LogP contribution in [0.2, 0.25) is 0 Å². The molecule has 0 amide bonds. The third-order valence-electron chi connectivity index (χ3n) is 4.71. The highest BCUT2D eigenvalue weighted by Crippen LogP contribution is 2.34. The Kier molecular flexibility index (Phi) is 5.09. The van der Waals surface area contributed by atoms with Gasteiger partial charge in [0.05, 0.1) is 5.69 Å². The van der Waals surface area contributed by atoms with Crippen LogP contribution in [0.1, 0.15) is 35.7 Å². The molecule has 0 aliphatic carbocycles. The number of pyridine rings is 1. The Morgan fingerprint density at radius 1 is 1.12 bits per heavy atom. The average Bonchev–Trinajstić information content (AvgIpc) is 3.33. The molecule has 0 bridgehead atoms. The fourth-order valence-corrected chi connectivity index (χ4v) is 4.13. The lowest BCUT2D eigenvalue weighted by Crippen LogP contribution is -2.22. The van der Waals surface area contributed by atoms with Gasteiger partial charge >= 0.3 is 0 Å². The van der Waals surface area contributed by atoms with Gasteiger partial charge in [0.2, 0.25) is 0 Å². The van der Waals surface area contributed by atoms with Crippen LogP contribution in [0.4, 0.5) is 0 Å². The van der Waals surface area contributed by atoms with E-state index in [-0.39, 0.29) is 0 Å². The van der Waals surface area contributed by atoms with Gasteiger partial charge in [-0.25, -0.2) is 0 Å². The van der Waals surface area contributed by atoms with Crippen LogP contribution in [-0.4, -0.2) is 16.4 Å². The lowest BCUT2D eigenvalue weighted by molar-refractivity contribution is 0.248. The Bertz CT molecular complexity index is 771. The van der Waals surface area contributed by atoms with E-state index in [4.69, 9.17) is 4.74 Å². The van der Waals surface area contributed by atoms with Crippen molar-refractivity contribution in [2.75, 3.05) is 6.54 Å². The molecule has 4 rings (SSSR count). The number of aromatic nitrogens is 1. The Hall–Kier alpha value is -2.17. The van der Waals surface area contributed by atoms with Gasteiger partial charge < -0.3 is 4.74 Å². The Morgan fingerprint density at radius 2 is 2.04 bits per heavy atom. The molecule has 0 radical (unpaired) electrons. The summed E-state index contributed by atoms with van der Waals surface area (Å²) in [6, 6.07) is 17.2. The van der Waals surface area contributed by atoms with Crippen LogP contribution in [0.3, 0.4) is 0 Å². The second-order valence-electron chi connectivity index (χ2n) is 6.44. The molecule has 3 nitrogen and oxygen atoms in total. The van der Waals surface area contributed by atoms with Crippen molar-refractivity contribution in [2.45, 2.75) is 32.0 Å². The third-order valence-corrected chi connectivity index (χ3v) is 5.41. The van der Waals surface area contributed by atoms with Crippen LogP contribution < -0.4 is 4.74 Å². The van der Waals surface area contributed by atoms with Crippen molar-refractivity contribution in [2.24, 2.45) is 0 Å². The summed E-state index contributed by atoms with van der Waals surface area (Å²) < 4.78 is 5.82. The van der Waals surface area contributed by atoms with E-state index in [0.717, 1.165) is 18.0 Å². The zero-order valence-electron chi connectivity index (χ0n) is 14.2. The van der Waals surface area contributed by atoms with Gasteiger partial charge in [-0.3, -0.25) is 9.88 Å². The van der Waals surface area contributed by atoms with Crippen LogP contribution >= 0.6 is 11.3 Å². The summed E-state index contributed by atoms with van der Waals surface area (Å²) in [6.07, 6.45) is 4.34. The van der Waals surface area contributed by atoms with Gasteiger partial charge in [-0.15, -0.1) is 0 Å². The highest BCUT2D eigenvalue weighted by atomic mass is 32.1. The molecule has 25 heavy (non-hydrogen) atoms. The Morgan fingerprint density at radius 3 is 2.80 bits per heavy atom. The largest absolute Gasteiger partial charge is 0.487 e. The van der Waals surface area contributed by atoms with Gasteiger partial charge in [-0.1, -0.05) is 18.2 Å². The summed E-state index contributed by atoms with van der Waals surface area (Å²) in [7, 11) is 0. The molecule has 3 aromatic rings. The lowest BCUT2D eigenvalue weighted by atomic mass is 10.1. The van der Waals surface area contributed by atoms with Crippen LogP contribution in [0.15, 0.2) is 65.5 Å². The standard InChI is InChI=1S/C21H22N2OS/c1-2-11-22-19(4-1)15-24-20-8-6-17(7-9-20)14-23-12-3-5-21(23)18-10-13-25-16-18/h1-2,4,6-11,13,16,21H,3,5,12,14-15H2. The maximum atomic E-state index is 5.82. The van der Waals surface area contributed by atoms with Crippen molar-refractivity contribution >= 4 is 11.3 Å². The molecule has 1 aliphatic heterocycles. The number of likely N-dealkylation sites (tertiary alicyclic amines) is 1. The van der Waals surface area contributed by atoms with Gasteiger partial charge in [-0.05, 0) is 71.6 Å². The van der Waals surface area contributed by atoms with Crippen molar-refractivity contribution in [3.8, 4) is 5.75 Å². The second-order valence-corrected chi connectivity index (χ2v) is 7.22. The van der Waals surface area contributed by atoms with Gasteiger partial charge in [0, 0.05) is 18.8 Å². The molecule has 1 unspecified atom stereocenters. The topological polar surface area (TPSA) is 25.4 Å². The number of hydrogen-bond acceptors (Lipinski definition) is 4. The number of thiophene rings is 1. The van der Waals surface area contributed by atoms with Crippen molar-refractivity contribution in [3.63, 3.8) is 0 Å². The van der Waals surface area contributed by atoms with E-state index in [1.165, 1.54) is 30.5 Å². The molecule has 128 valence electrons. The maximum Gasteiger partial charge on any atom is 0.130 e. The van der Waals surface area contributed by atoms with Crippen LogP contribution in [0.25, 0.3) is 0 Å². The molecule has 2 aromatic heterocycles. The van der Waals surface area contributed by atoms with E-state index in [0.29, 0.717) is 12.6 Å². The molecule has 1 aliphatic rings. The molecule has 0 spiro atoms. The fraction of sp³-hybridized carbons (Fsp3) is 0.286. The summed E-state index contributed by atoms with van der Waals surface area (Å²) in [5.74, 6) is 0.894. The molecule has 1 atom stereocenters. The maximum absolute atomic E-state index is 5.82. The summed E-state index contributed by atoms with van der Waals surface area (Å²) in [5.41, 5.74) is 3.76. The Labute approximate surface area is 152 Å². The number of benzene rings is 1. The summed E-state index contributed by atoms with van der Waals surface area (Å²) in [6.45, 7) is 2.69. The van der Waals surface area contributed by atoms with E-state index in [1.807, 2.05) is 18.2 Å². The molecule has 1 fully saturated rings. The van der Waals surface area contributed by atoms with Crippen LogP contribution in [0, 0.1) is 0 Å². The van der Waals surface area contributed by atoms with E-state index in [2.05, 4.69) is 51.0 Å². The number of ether oxygens (including phenoxy) is 1. The molecular formula is C21H22N2OS. The first-order valence-electron chi connectivity index (χ1n) is 8.76. The lowest BCUT2D eigenvalue weighted by Gasteiger charge is -2.24. The minimum Gasteiger partial charge on any atom is -0.487 e. The molecule has 0 saturated carbocycles. The molecule has 4 heteroatoms. The first-order chi connectivity index (χ1) is 12.4. The Balaban J connectivity index is 1.35. The minimum atomic E-state index is 0.506. The highest BCUT2D eigenvalue weighted by molar-refractivity contribution is 7.07. The number of nitrogens with zero attached hydrogens (tertiary/aromatic N) is 2. The monoisotopic (exact) mass is 350 g/mol. The quantitative estimate of drug-likeness (QED) is 0.621. The van der Waals surface area contributed by atoms with Crippen molar-refractivity contribution in [3.05, 3.63) is 82.3 Å². The van der Waals surface area contributed by atoms with Gasteiger partial charge in [-0.2, -0.15) is 11.3 Å². The van der Waals surface area contributed by atoms with Gasteiger partial charge in [0.25, 0.3) is 0 Å². The summed E-state index contributed by atoms with van der Waals surface area (Å²) in [5, 5.41) is 4.47. The van der Waals surface area contributed by atoms with Crippen molar-refractivity contribution in [1.82, 2.24) is 9.88 Å². The molecule has 1 aromatic carbocycles. The fourth-order valence-electron chi connectivity index (χ4n) is 3.42. The normalized spacial score (nSPS) is 17.7. The van der Waals surface area contributed by atoms with Gasteiger partial charge in [0.15, 0.2) is 0 Å². The SMILES string of the molecule is c1ccc(COc2ccc(CN3CCCC3c3ccsc3)cc2)nc1. The van der Waals surface area contributed by atoms with Crippen LogP contribution in [0.5, 0.6) is 5.75 Å². The first kappa shape index (κ1) is 16.3.